The van der Waals surface area contributed by atoms with Crippen molar-refractivity contribution in [3.63, 3.8) is 0 Å². The number of nitrogens with one attached hydrogen (secondary N) is 2. The maximum Gasteiger partial charge on any atom is 0.317 e. The van der Waals surface area contributed by atoms with E-state index >= 15 is 0 Å². The molecule has 6 heteroatoms. The average molecular weight is 347 g/mol. The molecule has 25 heavy (non-hydrogen) atoms. The Hall–Kier alpha value is -2.24. The summed E-state index contributed by atoms with van der Waals surface area (Å²) < 4.78 is 5.21. The maximum atomic E-state index is 12.7. The van der Waals surface area contributed by atoms with E-state index < -0.39 is 0 Å². The zero-order valence-corrected chi connectivity index (χ0v) is 15.5. The third-order valence-electron chi connectivity index (χ3n) is 4.50. The molecule has 1 aromatic rings. The van der Waals surface area contributed by atoms with Gasteiger partial charge in [-0.2, -0.15) is 0 Å². The summed E-state index contributed by atoms with van der Waals surface area (Å²) in [5.41, 5.74) is 1.05. The number of benzene rings is 1. The van der Waals surface area contributed by atoms with Crippen molar-refractivity contribution < 1.29 is 14.3 Å². The fourth-order valence-electron chi connectivity index (χ4n) is 3.12. The summed E-state index contributed by atoms with van der Waals surface area (Å²) in [6.45, 7) is 8.22. The second-order valence-corrected chi connectivity index (χ2v) is 6.87. The number of hydrogen-bond donors (Lipinski definition) is 2. The Kier molecular flexibility index (Phi) is 6.67. The molecular formula is C19H29N3O3. The summed E-state index contributed by atoms with van der Waals surface area (Å²) in [6.07, 6.45) is 0. The number of likely N-dealkylation sites (tertiary alicyclic amines) is 1. The highest BCUT2D eigenvalue weighted by atomic mass is 16.5. The van der Waals surface area contributed by atoms with E-state index in [-0.39, 0.29) is 23.8 Å². The minimum absolute atomic E-state index is 0.0133. The Morgan fingerprint density at radius 1 is 1.20 bits per heavy atom. The highest BCUT2D eigenvalue weighted by molar-refractivity contribution is 5.83. The first kappa shape index (κ1) is 19.1. The van der Waals surface area contributed by atoms with Crippen LogP contribution in [0.1, 0.15) is 32.3 Å². The van der Waals surface area contributed by atoms with Gasteiger partial charge in [-0.25, -0.2) is 4.79 Å². The van der Waals surface area contributed by atoms with E-state index in [2.05, 4.69) is 24.5 Å². The van der Waals surface area contributed by atoms with Crippen LogP contribution < -0.4 is 15.4 Å². The first-order valence-electron chi connectivity index (χ1n) is 8.90. The van der Waals surface area contributed by atoms with Gasteiger partial charge in [0.05, 0.1) is 13.0 Å². The quantitative estimate of drug-likeness (QED) is 0.829. The van der Waals surface area contributed by atoms with E-state index in [1.165, 1.54) is 0 Å². The molecule has 0 radical (unpaired) electrons. The van der Waals surface area contributed by atoms with Crippen molar-refractivity contribution in [2.45, 2.75) is 26.7 Å². The highest BCUT2D eigenvalue weighted by Crippen LogP contribution is 2.33. The average Bonchev–Trinajstić information content (AvgIpc) is 3.05. The lowest BCUT2D eigenvalue weighted by Gasteiger charge is -2.19. The Morgan fingerprint density at radius 3 is 2.44 bits per heavy atom. The van der Waals surface area contributed by atoms with Crippen LogP contribution >= 0.6 is 0 Å². The van der Waals surface area contributed by atoms with Crippen molar-refractivity contribution >= 4 is 11.9 Å². The van der Waals surface area contributed by atoms with Gasteiger partial charge < -0.3 is 20.3 Å². The molecule has 1 heterocycles. The zero-order chi connectivity index (χ0) is 18.4. The van der Waals surface area contributed by atoms with Crippen LogP contribution in [-0.4, -0.2) is 50.1 Å². The van der Waals surface area contributed by atoms with Crippen molar-refractivity contribution in [2.75, 3.05) is 33.3 Å². The molecule has 1 aliphatic rings. The van der Waals surface area contributed by atoms with Crippen LogP contribution in [0.4, 0.5) is 4.79 Å². The van der Waals surface area contributed by atoms with Crippen LogP contribution in [0.15, 0.2) is 24.3 Å². The second kappa shape index (κ2) is 8.74. The van der Waals surface area contributed by atoms with Crippen LogP contribution in [-0.2, 0) is 4.79 Å². The smallest absolute Gasteiger partial charge is 0.317 e. The van der Waals surface area contributed by atoms with Gasteiger partial charge in [-0.15, -0.1) is 0 Å². The molecule has 3 amide bonds. The largest absolute Gasteiger partial charge is 0.497 e. The van der Waals surface area contributed by atoms with E-state index in [1.54, 1.807) is 12.0 Å². The minimum atomic E-state index is -0.241. The first-order valence-corrected chi connectivity index (χ1v) is 8.90. The lowest BCUT2D eigenvalue weighted by atomic mass is 9.88. The highest BCUT2D eigenvalue weighted by Gasteiger charge is 2.40. The van der Waals surface area contributed by atoms with Gasteiger partial charge in [-0.05, 0) is 30.5 Å². The van der Waals surface area contributed by atoms with Crippen molar-refractivity contribution in [1.82, 2.24) is 15.5 Å². The molecule has 1 aliphatic heterocycles. The molecule has 0 bridgehead atoms. The Bertz CT molecular complexity index is 586. The molecule has 1 saturated heterocycles. The summed E-state index contributed by atoms with van der Waals surface area (Å²) >= 11 is 0. The second-order valence-electron chi connectivity index (χ2n) is 6.87. The molecule has 138 valence electrons. The topological polar surface area (TPSA) is 70.7 Å². The number of carbonyl (C=O) groups excluding carboxylic acids is 2. The van der Waals surface area contributed by atoms with Gasteiger partial charge in [0.25, 0.3) is 0 Å². The van der Waals surface area contributed by atoms with Gasteiger partial charge in [0.15, 0.2) is 0 Å². The number of amides is 3. The Labute approximate surface area is 149 Å². The maximum absolute atomic E-state index is 12.7. The molecule has 2 rings (SSSR count). The molecule has 0 spiro atoms. The standard InChI is InChI=1S/C19H29N3O3/c1-5-20-19(24)22-11-16(14-6-8-15(25-4)9-7-14)17(12-22)18(23)21-10-13(2)3/h6-9,13,16-17H,5,10-12H2,1-4H3,(H,20,24)(H,21,23). The summed E-state index contributed by atoms with van der Waals surface area (Å²) in [6, 6.07) is 7.64. The third kappa shape index (κ3) is 4.87. The lowest BCUT2D eigenvalue weighted by molar-refractivity contribution is -0.125. The van der Waals surface area contributed by atoms with E-state index in [9.17, 15) is 9.59 Å². The van der Waals surface area contributed by atoms with E-state index in [0.717, 1.165) is 11.3 Å². The number of nitrogens with zero attached hydrogens (tertiary/aromatic N) is 1. The normalized spacial score (nSPS) is 19.8. The Morgan fingerprint density at radius 2 is 1.88 bits per heavy atom. The summed E-state index contributed by atoms with van der Waals surface area (Å²) in [7, 11) is 1.63. The number of ether oxygens (including phenoxy) is 1. The molecule has 0 saturated carbocycles. The molecular weight excluding hydrogens is 318 g/mol. The number of rotatable bonds is 6. The van der Waals surface area contributed by atoms with Crippen LogP contribution in [0.5, 0.6) is 5.75 Å². The van der Waals surface area contributed by atoms with Gasteiger partial charge in [0, 0.05) is 32.1 Å². The van der Waals surface area contributed by atoms with Crippen molar-refractivity contribution in [3.8, 4) is 5.75 Å². The number of urea groups is 1. The zero-order valence-electron chi connectivity index (χ0n) is 15.5. The fraction of sp³-hybridized carbons (Fsp3) is 0.579. The number of carbonyl (C=O) groups is 2. The first-order chi connectivity index (χ1) is 12.0. The van der Waals surface area contributed by atoms with Crippen LogP contribution in [0.25, 0.3) is 0 Å². The SMILES string of the molecule is CCNC(=O)N1CC(C(=O)NCC(C)C)C(c2ccc(OC)cc2)C1. The van der Waals surface area contributed by atoms with Crippen LogP contribution in [0.2, 0.25) is 0 Å². The van der Waals surface area contributed by atoms with E-state index in [4.69, 9.17) is 4.74 Å². The fourth-order valence-corrected chi connectivity index (χ4v) is 3.12. The molecule has 0 aliphatic carbocycles. The lowest BCUT2D eigenvalue weighted by Crippen LogP contribution is -2.40. The van der Waals surface area contributed by atoms with Crippen LogP contribution in [0.3, 0.4) is 0 Å². The Balaban J connectivity index is 2.18. The molecule has 0 aromatic heterocycles. The van der Waals surface area contributed by atoms with E-state index in [1.807, 2.05) is 31.2 Å². The third-order valence-corrected chi connectivity index (χ3v) is 4.50. The molecule has 1 aromatic carbocycles. The summed E-state index contributed by atoms with van der Waals surface area (Å²) in [4.78, 5) is 26.6. The van der Waals surface area contributed by atoms with Crippen molar-refractivity contribution in [1.29, 1.82) is 0 Å². The van der Waals surface area contributed by atoms with Crippen LogP contribution in [0, 0.1) is 11.8 Å². The summed E-state index contributed by atoms with van der Waals surface area (Å²) in [5.74, 6) is 0.934. The molecule has 1 fully saturated rings. The monoisotopic (exact) mass is 347 g/mol. The molecule has 2 atom stereocenters. The van der Waals surface area contributed by atoms with E-state index in [0.29, 0.717) is 32.1 Å². The molecule has 2 unspecified atom stereocenters. The van der Waals surface area contributed by atoms with Gasteiger partial charge in [0.2, 0.25) is 5.91 Å². The predicted molar refractivity (Wildman–Crippen MR) is 97.7 cm³/mol. The minimum Gasteiger partial charge on any atom is -0.497 e. The summed E-state index contributed by atoms with van der Waals surface area (Å²) in [5, 5.41) is 5.84. The number of hydrogen-bond acceptors (Lipinski definition) is 3. The number of methoxy groups -OCH3 is 1. The van der Waals surface area contributed by atoms with Gasteiger partial charge in [-0.1, -0.05) is 26.0 Å². The van der Waals surface area contributed by atoms with Gasteiger partial charge in [-0.3, -0.25) is 4.79 Å². The van der Waals surface area contributed by atoms with Crippen molar-refractivity contribution in [2.24, 2.45) is 11.8 Å². The molecule has 2 N–H and O–H groups in total. The predicted octanol–water partition coefficient (Wildman–Crippen LogP) is 2.21. The van der Waals surface area contributed by atoms with Gasteiger partial charge in [0.1, 0.15) is 5.75 Å². The molecule has 6 nitrogen and oxygen atoms in total. The van der Waals surface area contributed by atoms with Gasteiger partial charge >= 0.3 is 6.03 Å². The van der Waals surface area contributed by atoms with Crippen molar-refractivity contribution in [3.05, 3.63) is 29.8 Å².